The highest BCUT2D eigenvalue weighted by Gasteiger charge is 2.22. The zero-order valence-corrected chi connectivity index (χ0v) is 8.08. The van der Waals surface area contributed by atoms with E-state index in [1.807, 2.05) is 17.5 Å². The van der Waals surface area contributed by atoms with Crippen molar-refractivity contribution < 1.29 is 9.53 Å². The van der Waals surface area contributed by atoms with Crippen LogP contribution in [0.2, 0.25) is 0 Å². The number of hydrogen-bond donors (Lipinski definition) is 1. The van der Waals surface area contributed by atoms with Gasteiger partial charge in [0.2, 0.25) is 0 Å². The minimum atomic E-state index is -0.279. The first-order chi connectivity index (χ1) is 6.25. The summed E-state index contributed by atoms with van der Waals surface area (Å²) in [5, 5.41) is 4.43. The Morgan fingerprint density at radius 1 is 1.62 bits per heavy atom. The molecule has 1 saturated heterocycles. The number of thiocarbonyl (C=S) groups is 1. The van der Waals surface area contributed by atoms with Crippen LogP contribution in [0.25, 0.3) is 6.08 Å². The molecule has 13 heavy (non-hydrogen) atoms. The summed E-state index contributed by atoms with van der Waals surface area (Å²) >= 11 is 6.21. The van der Waals surface area contributed by atoms with Crippen LogP contribution in [0.5, 0.6) is 0 Å². The van der Waals surface area contributed by atoms with Crippen LogP contribution >= 0.6 is 23.6 Å². The Labute approximate surface area is 84.0 Å². The fourth-order valence-corrected chi connectivity index (χ4v) is 1.75. The van der Waals surface area contributed by atoms with E-state index in [0.717, 1.165) is 4.88 Å². The Hall–Kier alpha value is -1.20. The smallest absolute Gasteiger partial charge is 0.294 e. The van der Waals surface area contributed by atoms with Crippen LogP contribution in [0.3, 0.4) is 0 Å². The molecule has 0 bridgehead atoms. The van der Waals surface area contributed by atoms with Crippen molar-refractivity contribution in [1.82, 2.24) is 5.32 Å². The maximum absolute atomic E-state index is 11.1. The van der Waals surface area contributed by atoms with Gasteiger partial charge in [-0.05, 0) is 23.7 Å². The van der Waals surface area contributed by atoms with E-state index in [9.17, 15) is 4.79 Å². The molecule has 1 fully saturated rings. The molecule has 1 amide bonds. The summed E-state index contributed by atoms with van der Waals surface area (Å²) in [6.45, 7) is 0. The molecule has 1 aliphatic heterocycles. The van der Waals surface area contributed by atoms with E-state index in [1.165, 1.54) is 11.3 Å². The van der Waals surface area contributed by atoms with Crippen LogP contribution < -0.4 is 5.32 Å². The van der Waals surface area contributed by atoms with Crippen LogP contribution in [0.15, 0.2) is 23.3 Å². The summed E-state index contributed by atoms with van der Waals surface area (Å²) in [6.07, 6.45) is 1.67. The van der Waals surface area contributed by atoms with Gasteiger partial charge in [-0.15, -0.1) is 11.3 Å². The Kier molecular flexibility index (Phi) is 2.12. The SMILES string of the molecule is O=C1NC(=S)OC1=Cc1cccs1. The predicted octanol–water partition coefficient (Wildman–Crippen LogP) is 1.52. The lowest BCUT2D eigenvalue weighted by Gasteiger charge is -1.90. The van der Waals surface area contributed by atoms with Crippen LogP contribution in [0, 0.1) is 0 Å². The fraction of sp³-hybridized carbons (Fsp3) is 0. The highest BCUT2D eigenvalue weighted by atomic mass is 32.1. The second kappa shape index (κ2) is 3.27. The van der Waals surface area contributed by atoms with Crippen LogP contribution in [-0.2, 0) is 9.53 Å². The van der Waals surface area contributed by atoms with Gasteiger partial charge in [-0.2, -0.15) is 0 Å². The van der Waals surface area contributed by atoms with Gasteiger partial charge in [0.15, 0.2) is 5.76 Å². The van der Waals surface area contributed by atoms with E-state index in [-0.39, 0.29) is 16.8 Å². The van der Waals surface area contributed by atoms with Gasteiger partial charge in [-0.1, -0.05) is 6.07 Å². The lowest BCUT2D eigenvalue weighted by Crippen LogP contribution is -2.18. The van der Waals surface area contributed by atoms with Crippen LogP contribution in [-0.4, -0.2) is 11.1 Å². The zero-order chi connectivity index (χ0) is 9.26. The number of carbonyl (C=O) groups is 1. The Morgan fingerprint density at radius 2 is 2.46 bits per heavy atom. The molecule has 0 radical (unpaired) electrons. The molecular formula is C8H5NO2S2. The van der Waals surface area contributed by atoms with E-state index in [2.05, 4.69) is 17.5 Å². The van der Waals surface area contributed by atoms with Gasteiger partial charge >= 0.3 is 0 Å². The topological polar surface area (TPSA) is 38.3 Å². The molecular weight excluding hydrogens is 206 g/mol. The second-order valence-electron chi connectivity index (χ2n) is 2.37. The van der Waals surface area contributed by atoms with Gasteiger partial charge < -0.3 is 4.74 Å². The Morgan fingerprint density at radius 3 is 3.00 bits per heavy atom. The molecule has 1 N–H and O–H groups in total. The molecule has 0 saturated carbocycles. The fourth-order valence-electron chi connectivity index (χ4n) is 0.924. The van der Waals surface area contributed by atoms with Gasteiger partial charge in [0.1, 0.15) is 0 Å². The minimum Gasteiger partial charge on any atom is -0.426 e. The summed E-state index contributed by atoms with van der Waals surface area (Å²) in [4.78, 5) is 12.1. The van der Waals surface area contributed by atoms with Crippen molar-refractivity contribution in [2.75, 3.05) is 0 Å². The highest BCUT2D eigenvalue weighted by Crippen LogP contribution is 2.16. The largest absolute Gasteiger partial charge is 0.426 e. The summed E-state index contributed by atoms with van der Waals surface area (Å²) in [5.41, 5.74) is 0. The first-order valence-corrected chi connectivity index (χ1v) is 4.83. The summed E-state index contributed by atoms with van der Waals surface area (Å²) in [5.74, 6) is -0.0224. The van der Waals surface area contributed by atoms with Crippen LogP contribution in [0.4, 0.5) is 0 Å². The molecule has 5 heteroatoms. The van der Waals surface area contributed by atoms with Gasteiger partial charge in [0, 0.05) is 11.0 Å². The molecule has 0 spiro atoms. The molecule has 1 aromatic heterocycles. The van der Waals surface area contributed by atoms with E-state index in [1.54, 1.807) is 6.08 Å². The third kappa shape index (κ3) is 1.76. The molecule has 0 aromatic carbocycles. The molecule has 2 rings (SSSR count). The predicted molar refractivity (Wildman–Crippen MR) is 54.1 cm³/mol. The second-order valence-corrected chi connectivity index (χ2v) is 3.72. The summed E-state index contributed by atoms with van der Waals surface area (Å²) in [6, 6.07) is 3.80. The lowest BCUT2D eigenvalue weighted by molar-refractivity contribution is -0.116. The standard InChI is InChI=1S/C8H5NO2S2/c10-7-6(11-8(12)9-7)4-5-2-1-3-13-5/h1-4H,(H,9,10,12). The summed E-state index contributed by atoms with van der Waals surface area (Å²) < 4.78 is 4.99. The third-order valence-corrected chi connectivity index (χ3v) is 2.46. The average molecular weight is 211 g/mol. The molecule has 1 aromatic rings. The van der Waals surface area contributed by atoms with E-state index < -0.39 is 0 Å². The molecule has 0 unspecified atom stereocenters. The molecule has 1 aliphatic rings. The normalized spacial score (nSPS) is 18.9. The van der Waals surface area contributed by atoms with Gasteiger partial charge in [0.25, 0.3) is 11.1 Å². The van der Waals surface area contributed by atoms with E-state index in [4.69, 9.17) is 4.74 Å². The number of rotatable bonds is 1. The van der Waals surface area contributed by atoms with Crippen molar-refractivity contribution >= 4 is 40.7 Å². The molecule has 0 atom stereocenters. The van der Waals surface area contributed by atoms with E-state index in [0.29, 0.717) is 0 Å². The van der Waals surface area contributed by atoms with Gasteiger partial charge in [0.05, 0.1) is 0 Å². The first kappa shape index (κ1) is 8.40. The number of hydrogen-bond acceptors (Lipinski definition) is 4. The molecule has 66 valence electrons. The van der Waals surface area contributed by atoms with Crippen molar-refractivity contribution in [2.45, 2.75) is 0 Å². The number of ether oxygens (including phenoxy) is 1. The van der Waals surface area contributed by atoms with Crippen molar-refractivity contribution in [3.05, 3.63) is 28.1 Å². The zero-order valence-electron chi connectivity index (χ0n) is 6.44. The number of nitrogens with one attached hydrogen (secondary N) is 1. The minimum absolute atomic E-state index is 0.118. The monoisotopic (exact) mass is 211 g/mol. The van der Waals surface area contributed by atoms with Crippen molar-refractivity contribution in [3.63, 3.8) is 0 Å². The summed E-state index contributed by atoms with van der Waals surface area (Å²) in [7, 11) is 0. The Balaban J connectivity index is 2.27. The number of amides is 1. The first-order valence-electron chi connectivity index (χ1n) is 3.54. The lowest BCUT2D eigenvalue weighted by atomic mass is 10.4. The maximum Gasteiger partial charge on any atom is 0.294 e. The quantitative estimate of drug-likeness (QED) is 0.565. The van der Waals surface area contributed by atoms with Crippen molar-refractivity contribution in [3.8, 4) is 0 Å². The van der Waals surface area contributed by atoms with Crippen molar-refractivity contribution in [1.29, 1.82) is 0 Å². The molecule has 0 aliphatic carbocycles. The van der Waals surface area contributed by atoms with Gasteiger partial charge in [-0.3, -0.25) is 10.1 Å². The highest BCUT2D eigenvalue weighted by molar-refractivity contribution is 7.80. The van der Waals surface area contributed by atoms with Crippen molar-refractivity contribution in [2.24, 2.45) is 0 Å². The van der Waals surface area contributed by atoms with Gasteiger partial charge in [-0.25, -0.2) is 0 Å². The van der Waals surface area contributed by atoms with Crippen LogP contribution in [0.1, 0.15) is 4.88 Å². The average Bonchev–Trinajstić information content (AvgIpc) is 2.63. The molecule has 3 nitrogen and oxygen atoms in total. The number of carbonyl (C=O) groups excluding carboxylic acids is 1. The third-order valence-electron chi connectivity index (χ3n) is 1.46. The number of thiophene rings is 1. The molecule has 2 heterocycles. The van der Waals surface area contributed by atoms with E-state index >= 15 is 0 Å². The maximum atomic E-state index is 11.1. The Bertz CT molecular complexity index is 381.